The number of aryl methyl sites for hydroxylation is 2. The lowest BCUT2D eigenvalue weighted by atomic mass is 10.1. The van der Waals surface area contributed by atoms with Crippen LogP contribution < -0.4 is 5.32 Å². The molecule has 3 aromatic rings. The van der Waals surface area contributed by atoms with E-state index in [2.05, 4.69) is 25.3 Å². The molecule has 1 N–H and O–H groups in total. The van der Waals surface area contributed by atoms with Crippen LogP contribution in [0.25, 0.3) is 0 Å². The number of aromatic nitrogens is 4. The fraction of sp³-hybridized carbons (Fsp3) is 0.368. The summed E-state index contributed by atoms with van der Waals surface area (Å²) < 4.78 is 7.23. The highest BCUT2D eigenvalue weighted by Crippen LogP contribution is 2.24. The van der Waals surface area contributed by atoms with Crippen LogP contribution in [0.3, 0.4) is 0 Å². The predicted molar refractivity (Wildman–Crippen MR) is 97.4 cm³/mol. The van der Waals surface area contributed by atoms with Gasteiger partial charge in [0, 0.05) is 50.3 Å². The minimum Gasteiger partial charge on any atom is -0.361 e. The molecule has 0 fully saturated rings. The molecular formula is C19H22N6O2. The smallest absolute Gasteiger partial charge is 0.244 e. The van der Waals surface area contributed by atoms with Crippen molar-refractivity contribution < 1.29 is 9.32 Å². The first-order valence-electron chi connectivity index (χ1n) is 8.93. The third kappa shape index (κ3) is 3.61. The molecule has 1 atom stereocenters. The van der Waals surface area contributed by atoms with Gasteiger partial charge in [-0.3, -0.25) is 14.7 Å². The van der Waals surface area contributed by atoms with Gasteiger partial charge in [-0.2, -0.15) is 0 Å². The average molecular weight is 366 g/mol. The summed E-state index contributed by atoms with van der Waals surface area (Å²) in [7, 11) is 0. The Morgan fingerprint density at radius 3 is 2.96 bits per heavy atom. The summed E-state index contributed by atoms with van der Waals surface area (Å²) in [5.74, 6) is 0.797. The predicted octanol–water partition coefficient (Wildman–Crippen LogP) is 1.76. The molecular weight excluding hydrogens is 344 g/mol. The van der Waals surface area contributed by atoms with Gasteiger partial charge in [0.25, 0.3) is 0 Å². The highest BCUT2D eigenvalue weighted by Gasteiger charge is 2.30. The lowest BCUT2D eigenvalue weighted by Gasteiger charge is -2.33. The van der Waals surface area contributed by atoms with E-state index >= 15 is 0 Å². The van der Waals surface area contributed by atoms with Crippen molar-refractivity contribution >= 4 is 5.91 Å². The van der Waals surface area contributed by atoms with E-state index in [4.69, 9.17) is 4.52 Å². The molecule has 4 rings (SSSR count). The van der Waals surface area contributed by atoms with E-state index in [0.717, 1.165) is 34.8 Å². The molecule has 1 unspecified atom stereocenters. The number of nitrogens with zero attached hydrogens (tertiary/aromatic N) is 5. The van der Waals surface area contributed by atoms with E-state index in [1.54, 1.807) is 18.7 Å². The lowest BCUT2D eigenvalue weighted by molar-refractivity contribution is -0.125. The Hall–Kier alpha value is -3.00. The molecule has 27 heavy (non-hydrogen) atoms. The van der Waals surface area contributed by atoms with Gasteiger partial charge in [0.05, 0.1) is 17.7 Å². The van der Waals surface area contributed by atoms with E-state index in [1.165, 1.54) is 0 Å². The highest BCUT2D eigenvalue weighted by molar-refractivity contribution is 5.80. The molecule has 4 heterocycles. The summed E-state index contributed by atoms with van der Waals surface area (Å²) in [6.45, 7) is 6.35. The van der Waals surface area contributed by atoms with Crippen molar-refractivity contribution in [2.24, 2.45) is 0 Å². The van der Waals surface area contributed by atoms with Crippen LogP contribution in [0.5, 0.6) is 0 Å². The first kappa shape index (κ1) is 17.4. The molecule has 8 nitrogen and oxygen atoms in total. The Labute approximate surface area is 157 Å². The van der Waals surface area contributed by atoms with E-state index in [9.17, 15) is 4.79 Å². The van der Waals surface area contributed by atoms with E-state index in [1.807, 2.05) is 36.7 Å². The van der Waals surface area contributed by atoms with Gasteiger partial charge in [-0.05, 0) is 25.5 Å². The standard InChI is InChI=1S/C19H22N6O2/c1-13-17(14(2)27-23-13)10-24-9-16-8-21-12-25(16)18(11-24)19(26)22-7-15-4-3-5-20-6-15/h3-6,8,12,18H,7,9-11H2,1-2H3,(H,22,26). The van der Waals surface area contributed by atoms with Crippen LogP contribution in [0.1, 0.15) is 34.3 Å². The first-order chi connectivity index (χ1) is 13.1. The maximum Gasteiger partial charge on any atom is 0.244 e. The summed E-state index contributed by atoms with van der Waals surface area (Å²) >= 11 is 0. The highest BCUT2D eigenvalue weighted by atomic mass is 16.5. The number of carbonyl (C=O) groups excluding carboxylic acids is 1. The normalized spacial score (nSPS) is 16.9. The van der Waals surface area contributed by atoms with Crippen LogP contribution in [0.15, 0.2) is 41.6 Å². The van der Waals surface area contributed by atoms with Gasteiger partial charge in [0.2, 0.25) is 5.91 Å². The Bertz CT molecular complexity index is 913. The Morgan fingerprint density at radius 2 is 2.22 bits per heavy atom. The van der Waals surface area contributed by atoms with Gasteiger partial charge >= 0.3 is 0 Å². The molecule has 0 bridgehead atoms. The topological polar surface area (TPSA) is 89.1 Å². The Morgan fingerprint density at radius 1 is 1.33 bits per heavy atom. The van der Waals surface area contributed by atoms with Gasteiger partial charge in [0.1, 0.15) is 11.8 Å². The first-order valence-corrected chi connectivity index (χ1v) is 8.93. The second-order valence-electron chi connectivity index (χ2n) is 6.86. The zero-order chi connectivity index (χ0) is 18.8. The van der Waals surface area contributed by atoms with Crippen molar-refractivity contribution in [1.82, 2.24) is 29.9 Å². The molecule has 0 spiro atoms. The molecule has 3 aromatic heterocycles. The molecule has 0 saturated heterocycles. The molecule has 0 saturated carbocycles. The second kappa shape index (κ2) is 7.32. The quantitative estimate of drug-likeness (QED) is 0.740. The zero-order valence-corrected chi connectivity index (χ0v) is 15.4. The third-order valence-electron chi connectivity index (χ3n) is 4.95. The molecule has 1 aliphatic heterocycles. The summed E-state index contributed by atoms with van der Waals surface area (Å²) in [6.07, 6.45) is 7.03. The number of fused-ring (bicyclic) bond motifs is 1. The number of nitrogens with one attached hydrogen (secondary N) is 1. The number of amides is 1. The molecule has 0 aromatic carbocycles. The van der Waals surface area contributed by atoms with Crippen LogP contribution in [-0.2, 0) is 24.4 Å². The second-order valence-corrected chi connectivity index (χ2v) is 6.86. The zero-order valence-electron chi connectivity index (χ0n) is 15.4. The summed E-state index contributed by atoms with van der Waals surface area (Å²) in [5, 5.41) is 7.05. The average Bonchev–Trinajstić information content (AvgIpc) is 3.28. The van der Waals surface area contributed by atoms with E-state index < -0.39 is 0 Å². The summed E-state index contributed by atoms with van der Waals surface area (Å²) in [6, 6.07) is 3.48. The minimum atomic E-state index is -0.326. The minimum absolute atomic E-state index is 0.0263. The van der Waals surface area contributed by atoms with Crippen molar-refractivity contribution in [1.29, 1.82) is 0 Å². The number of carbonyl (C=O) groups is 1. The van der Waals surface area contributed by atoms with Crippen molar-refractivity contribution in [3.05, 3.63) is 65.3 Å². The molecule has 1 aliphatic rings. The SMILES string of the molecule is Cc1noc(C)c1CN1Cc2cncn2C(C(=O)NCc2cccnc2)C1. The maximum absolute atomic E-state index is 12.9. The van der Waals surface area contributed by atoms with Gasteiger partial charge in [-0.1, -0.05) is 11.2 Å². The number of rotatable bonds is 5. The number of hydrogen-bond acceptors (Lipinski definition) is 6. The monoisotopic (exact) mass is 366 g/mol. The van der Waals surface area contributed by atoms with Crippen LogP contribution in [-0.4, -0.2) is 37.0 Å². The summed E-state index contributed by atoms with van der Waals surface area (Å²) in [4.78, 5) is 23.4. The van der Waals surface area contributed by atoms with Crippen LogP contribution in [0, 0.1) is 13.8 Å². The maximum atomic E-state index is 12.9. The fourth-order valence-electron chi connectivity index (χ4n) is 3.45. The van der Waals surface area contributed by atoms with Crippen LogP contribution in [0.4, 0.5) is 0 Å². The van der Waals surface area contributed by atoms with Gasteiger partial charge in [-0.15, -0.1) is 0 Å². The number of hydrogen-bond donors (Lipinski definition) is 1. The van der Waals surface area contributed by atoms with Crippen LogP contribution >= 0.6 is 0 Å². The molecule has 1 amide bonds. The fourth-order valence-corrected chi connectivity index (χ4v) is 3.45. The Balaban J connectivity index is 1.49. The van der Waals surface area contributed by atoms with Gasteiger partial charge < -0.3 is 14.4 Å². The Kier molecular flexibility index (Phi) is 4.72. The van der Waals surface area contributed by atoms with Crippen molar-refractivity contribution in [2.75, 3.05) is 6.54 Å². The van der Waals surface area contributed by atoms with Crippen molar-refractivity contribution in [3.8, 4) is 0 Å². The molecule has 0 radical (unpaired) electrons. The van der Waals surface area contributed by atoms with Crippen molar-refractivity contribution in [2.45, 2.75) is 39.5 Å². The lowest BCUT2D eigenvalue weighted by Crippen LogP contribution is -2.44. The van der Waals surface area contributed by atoms with Gasteiger partial charge in [-0.25, -0.2) is 4.98 Å². The summed E-state index contributed by atoms with van der Waals surface area (Å²) in [5.41, 5.74) is 3.97. The van der Waals surface area contributed by atoms with E-state index in [-0.39, 0.29) is 11.9 Å². The molecule has 8 heteroatoms. The number of pyridine rings is 1. The largest absolute Gasteiger partial charge is 0.361 e. The molecule has 140 valence electrons. The van der Waals surface area contributed by atoms with E-state index in [0.29, 0.717) is 19.6 Å². The third-order valence-corrected chi connectivity index (χ3v) is 4.95. The molecule has 0 aliphatic carbocycles. The van der Waals surface area contributed by atoms with Gasteiger partial charge in [0.15, 0.2) is 0 Å². The van der Waals surface area contributed by atoms with Crippen molar-refractivity contribution in [3.63, 3.8) is 0 Å². The number of imidazole rings is 1. The van der Waals surface area contributed by atoms with Crippen LogP contribution in [0.2, 0.25) is 0 Å².